The molecule has 0 aliphatic heterocycles. The van der Waals surface area contributed by atoms with Crippen LogP contribution in [0.25, 0.3) is 0 Å². The third-order valence-corrected chi connectivity index (χ3v) is 3.05. The lowest BCUT2D eigenvalue weighted by Gasteiger charge is -2.09. The van der Waals surface area contributed by atoms with Crippen LogP contribution in [0, 0.1) is 5.92 Å². The molecule has 0 heterocycles. The first-order chi connectivity index (χ1) is 8.31. The minimum absolute atomic E-state index is 0.245. The number of nitrogens with one attached hydrogen (secondary N) is 1. The van der Waals surface area contributed by atoms with Gasteiger partial charge in [-0.2, -0.15) is 8.42 Å². The van der Waals surface area contributed by atoms with Gasteiger partial charge in [-0.15, -0.1) is 0 Å². The van der Waals surface area contributed by atoms with Crippen molar-refractivity contribution in [1.29, 1.82) is 0 Å². The molecule has 1 atom stereocenters. The Hall–Kier alpha value is -1.27. The maximum absolute atomic E-state index is 11.2. The zero-order chi connectivity index (χ0) is 13.8. The molecule has 0 amide bonds. The normalized spacial score (nSPS) is 12.8. The van der Waals surface area contributed by atoms with Crippen LogP contribution in [-0.4, -0.2) is 21.5 Å². The molecule has 0 bridgehead atoms. The molecule has 0 saturated heterocycles. The second kappa shape index (κ2) is 6.06. The van der Waals surface area contributed by atoms with Crippen LogP contribution in [0.3, 0.4) is 0 Å². The molecule has 7 heteroatoms. The predicted octanol–water partition coefficient (Wildman–Crippen LogP) is 1.93. The molecule has 18 heavy (non-hydrogen) atoms. The summed E-state index contributed by atoms with van der Waals surface area (Å²) < 4.78 is 28.3. The Kier molecular flexibility index (Phi) is 4.98. The Morgan fingerprint density at radius 1 is 1.39 bits per heavy atom. The summed E-state index contributed by atoms with van der Waals surface area (Å²) in [6.07, 6.45) is 0.528. The molecule has 1 aromatic rings. The van der Waals surface area contributed by atoms with Crippen LogP contribution in [0.5, 0.6) is 0 Å². The van der Waals surface area contributed by atoms with E-state index in [-0.39, 0.29) is 11.9 Å². The molecule has 0 aliphatic rings. The Morgan fingerprint density at radius 2 is 1.94 bits per heavy atom. The van der Waals surface area contributed by atoms with Crippen molar-refractivity contribution in [1.82, 2.24) is 0 Å². The van der Waals surface area contributed by atoms with E-state index in [0.29, 0.717) is 12.1 Å². The highest BCUT2D eigenvalue weighted by Gasteiger charge is 2.13. The van der Waals surface area contributed by atoms with Gasteiger partial charge in [-0.1, -0.05) is 19.1 Å². The average Bonchev–Trinajstić information content (AvgIpc) is 2.28. The quantitative estimate of drug-likeness (QED) is 0.664. The summed E-state index contributed by atoms with van der Waals surface area (Å²) >= 11 is 0. The summed E-state index contributed by atoms with van der Waals surface area (Å²) in [6.45, 7) is 1.77. The van der Waals surface area contributed by atoms with Crippen molar-refractivity contribution in [2.75, 3.05) is 11.8 Å². The molecule has 0 radical (unpaired) electrons. The van der Waals surface area contributed by atoms with Gasteiger partial charge in [0.1, 0.15) is 0 Å². The molecule has 0 aliphatic carbocycles. The zero-order valence-corrected chi connectivity index (χ0v) is 11.6. The second-order valence-corrected chi connectivity index (χ2v) is 6.16. The van der Waals surface area contributed by atoms with Gasteiger partial charge in [-0.05, 0) is 24.1 Å². The van der Waals surface area contributed by atoms with Gasteiger partial charge < -0.3 is 4.74 Å². The van der Waals surface area contributed by atoms with Gasteiger partial charge in [-0.3, -0.25) is 9.52 Å². The number of methoxy groups -OCH3 is 1. The van der Waals surface area contributed by atoms with Crippen molar-refractivity contribution >= 4 is 31.6 Å². The van der Waals surface area contributed by atoms with Gasteiger partial charge >= 0.3 is 15.2 Å². The van der Waals surface area contributed by atoms with Crippen molar-refractivity contribution in [2.45, 2.75) is 13.3 Å². The second-order valence-electron chi connectivity index (χ2n) is 3.87. The predicted molar refractivity (Wildman–Crippen MR) is 69.7 cm³/mol. The standard InChI is InChI=1S/C11H14ClNO4S/c1-8(11(14)17-2)7-9-3-5-10(6-4-9)13-18(12,15)16/h3-6,8,13H,7H2,1-2H3. The number of ether oxygens (including phenoxy) is 1. The Labute approximate surface area is 111 Å². The summed E-state index contributed by atoms with van der Waals surface area (Å²) in [7, 11) is 2.61. The first-order valence-corrected chi connectivity index (χ1v) is 7.52. The minimum atomic E-state index is -3.78. The molecule has 1 aromatic carbocycles. The highest BCUT2D eigenvalue weighted by molar-refractivity contribution is 8.14. The summed E-state index contributed by atoms with van der Waals surface area (Å²) in [4.78, 5) is 11.2. The first kappa shape index (κ1) is 14.8. The van der Waals surface area contributed by atoms with E-state index < -0.39 is 9.24 Å². The number of rotatable bonds is 5. The molecule has 0 saturated carbocycles. The molecule has 1 rings (SSSR count). The topological polar surface area (TPSA) is 72.5 Å². The number of carbonyl (C=O) groups is 1. The van der Waals surface area contributed by atoms with E-state index in [4.69, 9.17) is 10.7 Å². The van der Waals surface area contributed by atoms with E-state index in [1.54, 1.807) is 31.2 Å². The highest BCUT2D eigenvalue weighted by Crippen LogP contribution is 2.15. The van der Waals surface area contributed by atoms with Crippen molar-refractivity contribution in [3.05, 3.63) is 29.8 Å². The van der Waals surface area contributed by atoms with Gasteiger partial charge in [0.05, 0.1) is 13.0 Å². The van der Waals surface area contributed by atoms with Crippen LogP contribution >= 0.6 is 10.7 Å². The van der Waals surface area contributed by atoms with E-state index in [0.717, 1.165) is 5.56 Å². The molecule has 1 N–H and O–H groups in total. The van der Waals surface area contributed by atoms with E-state index in [1.807, 2.05) is 0 Å². The molecular formula is C11H14ClNO4S. The number of hydrogen-bond acceptors (Lipinski definition) is 4. The fourth-order valence-corrected chi connectivity index (χ4v) is 2.17. The number of hydrogen-bond donors (Lipinski definition) is 1. The maximum atomic E-state index is 11.2. The van der Waals surface area contributed by atoms with Crippen molar-refractivity contribution in [3.63, 3.8) is 0 Å². The van der Waals surface area contributed by atoms with E-state index >= 15 is 0 Å². The van der Waals surface area contributed by atoms with Crippen LogP contribution in [0.4, 0.5) is 5.69 Å². The lowest BCUT2D eigenvalue weighted by atomic mass is 10.0. The summed E-state index contributed by atoms with van der Waals surface area (Å²) in [5.41, 5.74) is 1.28. The Balaban J connectivity index is 2.69. The average molecular weight is 292 g/mol. The van der Waals surface area contributed by atoms with Gasteiger partial charge in [-0.25, -0.2) is 0 Å². The van der Waals surface area contributed by atoms with Crippen LogP contribution in [-0.2, 0) is 25.2 Å². The summed E-state index contributed by atoms with van der Waals surface area (Å²) in [6, 6.07) is 6.62. The van der Waals surface area contributed by atoms with E-state index in [1.165, 1.54) is 7.11 Å². The monoisotopic (exact) mass is 291 g/mol. The lowest BCUT2D eigenvalue weighted by molar-refractivity contribution is -0.144. The smallest absolute Gasteiger partial charge is 0.319 e. The van der Waals surface area contributed by atoms with E-state index in [9.17, 15) is 13.2 Å². The third kappa shape index (κ3) is 4.93. The van der Waals surface area contributed by atoms with Gasteiger partial charge in [0.15, 0.2) is 0 Å². The van der Waals surface area contributed by atoms with Crippen LogP contribution in [0.15, 0.2) is 24.3 Å². The van der Waals surface area contributed by atoms with Crippen molar-refractivity contribution in [3.8, 4) is 0 Å². The van der Waals surface area contributed by atoms with Gasteiger partial charge in [0.25, 0.3) is 0 Å². The molecule has 100 valence electrons. The third-order valence-electron chi connectivity index (χ3n) is 2.34. The fourth-order valence-electron chi connectivity index (χ4n) is 1.49. The SMILES string of the molecule is COC(=O)C(C)Cc1ccc(NS(=O)(=O)Cl)cc1. The number of esters is 1. The highest BCUT2D eigenvalue weighted by atomic mass is 35.7. The fraction of sp³-hybridized carbons (Fsp3) is 0.364. The number of benzene rings is 1. The number of carbonyl (C=O) groups excluding carboxylic acids is 1. The molecule has 1 unspecified atom stereocenters. The summed E-state index contributed by atoms with van der Waals surface area (Å²) in [5.74, 6) is -0.522. The van der Waals surface area contributed by atoms with Gasteiger partial charge in [0.2, 0.25) is 0 Å². The Bertz CT molecular complexity index is 512. The molecular weight excluding hydrogens is 278 g/mol. The van der Waals surface area contributed by atoms with Crippen molar-refractivity contribution in [2.24, 2.45) is 5.92 Å². The molecule has 0 fully saturated rings. The van der Waals surface area contributed by atoms with Crippen LogP contribution < -0.4 is 4.72 Å². The van der Waals surface area contributed by atoms with Crippen LogP contribution in [0.2, 0.25) is 0 Å². The molecule has 0 spiro atoms. The largest absolute Gasteiger partial charge is 0.469 e. The zero-order valence-electron chi connectivity index (χ0n) is 10.0. The van der Waals surface area contributed by atoms with Crippen molar-refractivity contribution < 1.29 is 17.9 Å². The maximum Gasteiger partial charge on any atom is 0.319 e. The molecule has 0 aromatic heterocycles. The number of anilines is 1. The summed E-state index contributed by atoms with van der Waals surface area (Å²) in [5, 5.41) is 0. The van der Waals surface area contributed by atoms with E-state index in [2.05, 4.69) is 9.46 Å². The minimum Gasteiger partial charge on any atom is -0.469 e. The number of halogens is 1. The molecule has 5 nitrogen and oxygen atoms in total. The lowest BCUT2D eigenvalue weighted by Crippen LogP contribution is -2.15. The van der Waals surface area contributed by atoms with Crippen LogP contribution in [0.1, 0.15) is 12.5 Å². The first-order valence-electron chi connectivity index (χ1n) is 5.21. The Morgan fingerprint density at radius 3 is 2.39 bits per heavy atom. The van der Waals surface area contributed by atoms with Gasteiger partial charge in [0, 0.05) is 16.4 Å².